The van der Waals surface area contributed by atoms with Crippen LogP contribution in [-0.2, 0) is 16.0 Å². The van der Waals surface area contributed by atoms with Gasteiger partial charge in [0.05, 0.1) is 0 Å². The van der Waals surface area contributed by atoms with Gasteiger partial charge in [0.1, 0.15) is 0 Å². The molecule has 0 heterocycles. The zero-order chi connectivity index (χ0) is 11.8. The first kappa shape index (κ1) is 13.3. The zero-order valence-corrected chi connectivity index (χ0v) is 10.6. The fraction of sp³-hybridized carbons (Fsp3) is 0.333. The highest BCUT2D eigenvalue weighted by atomic mass is 32.2. The van der Waals surface area contributed by atoms with Gasteiger partial charge < -0.3 is 0 Å². The molecule has 1 rings (SSSR count). The van der Waals surface area contributed by atoms with E-state index in [0.717, 1.165) is 29.5 Å². The van der Waals surface area contributed by atoms with Gasteiger partial charge in [0, 0.05) is 12.2 Å². The first-order valence-electron chi connectivity index (χ1n) is 5.09. The van der Waals surface area contributed by atoms with Gasteiger partial charge in [-0.3, -0.25) is 9.59 Å². The fourth-order valence-electron chi connectivity index (χ4n) is 1.16. The first-order chi connectivity index (χ1) is 7.74. The van der Waals surface area contributed by atoms with Crippen LogP contribution in [0.15, 0.2) is 30.3 Å². The molecule has 1 aromatic carbocycles. The maximum atomic E-state index is 11.5. The predicted molar refractivity (Wildman–Crippen MR) is 71.1 cm³/mol. The number of benzene rings is 1. The summed E-state index contributed by atoms with van der Waals surface area (Å²) in [5.74, 6) is 1.09. The summed E-state index contributed by atoms with van der Waals surface area (Å²) in [6.07, 6.45) is 1.05. The summed E-state index contributed by atoms with van der Waals surface area (Å²) in [6, 6.07) is 9.31. The molecular formula is C12H14O2S2. The molecule has 0 aliphatic rings. The van der Waals surface area contributed by atoms with Gasteiger partial charge in [-0.15, -0.1) is 0 Å². The van der Waals surface area contributed by atoms with Gasteiger partial charge in [0.25, 0.3) is 5.12 Å². The number of thioether (sulfide) groups is 1. The quantitative estimate of drug-likeness (QED) is 0.481. The van der Waals surface area contributed by atoms with Gasteiger partial charge in [-0.05, 0) is 17.7 Å². The standard InChI is InChI=1S/C12H14O2S2/c13-11(12(14)16-8-4-7-15)9-10-5-2-1-3-6-10/h1-3,5-6,15H,4,7-9H2. The van der Waals surface area contributed by atoms with Crippen LogP contribution in [-0.4, -0.2) is 22.4 Å². The van der Waals surface area contributed by atoms with Crippen molar-refractivity contribution in [3.05, 3.63) is 35.9 Å². The summed E-state index contributed by atoms with van der Waals surface area (Å²) in [6.45, 7) is 0. The Hall–Kier alpha value is -0.740. The molecule has 86 valence electrons. The molecule has 0 bridgehead atoms. The minimum atomic E-state index is -0.342. The second kappa shape index (κ2) is 7.52. The van der Waals surface area contributed by atoms with E-state index in [0.29, 0.717) is 5.75 Å². The molecule has 0 fully saturated rings. The fourth-order valence-corrected chi connectivity index (χ4v) is 2.24. The lowest BCUT2D eigenvalue weighted by atomic mass is 10.1. The Morgan fingerprint density at radius 2 is 1.88 bits per heavy atom. The van der Waals surface area contributed by atoms with Crippen LogP contribution in [0.4, 0.5) is 0 Å². The third-order valence-corrected chi connectivity index (χ3v) is 3.27. The van der Waals surface area contributed by atoms with Crippen molar-refractivity contribution in [3.8, 4) is 0 Å². The molecule has 0 unspecified atom stereocenters. The molecule has 0 atom stereocenters. The molecular weight excluding hydrogens is 240 g/mol. The molecule has 0 aromatic heterocycles. The van der Waals surface area contributed by atoms with E-state index in [2.05, 4.69) is 12.6 Å². The molecule has 0 N–H and O–H groups in total. The average Bonchev–Trinajstić information content (AvgIpc) is 2.30. The molecule has 0 aliphatic carbocycles. The summed E-state index contributed by atoms with van der Waals surface area (Å²) in [5.41, 5.74) is 0.885. The number of thiol groups is 1. The summed E-state index contributed by atoms with van der Waals surface area (Å²) in [5, 5.41) is -0.342. The highest BCUT2D eigenvalue weighted by Gasteiger charge is 2.14. The smallest absolute Gasteiger partial charge is 0.255 e. The SMILES string of the molecule is O=C(Cc1ccccc1)C(=O)SCCCS. The van der Waals surface area contributed by atoms with Crippen molar-refractivity contribution in [3.63, 3.8) is 0 Å². The molecule has 0 radical (unpaired) electrons. The predicted octanol–water partition coefficient (Wildman–Crippen LogP) is 2.38. The minimum Gasteiger partial charge on any atom is -0.290 e. The Morgan fingerprint density at radius 3 is 2.50 bits per heavy atom. The normalized spacial score (nSPS) is 10.1. The molecule has 0 aliphatic heterocycles. The van der Waals surface area contributed by atoms with Crippen molar-refractivity contribution in [2.45, 2.75) is 12.8 Å². The number of hydrogen-bond donors (Lipinski definition) is 1. The lowest BCUT2D eigenvalue weighted by Crippen LogP contribution is -2.13. The summed E-state index contributed by atoms with van der Waals surface area (Å²) in [4.78, 5) is 22.9. The lowest BCUT2D eigenvalue weighted by Gasteiger charge is -2.00. The average molecular weight is 254 g/mol. The molecule has 1 aromatic rings. The number of Topliss-reactive ketones (excluding diaryl/α,β-unsaturated/α-hetero) is 1. The van der Waals surface area contributed by atoms with Crippen LogP contribution in [0.3, 0.4) is 0 Å². The van der Waals surface area contributed by atoms with E-state index in [9.17, 15) is 9.59 Å². The molecule has 0 amide bonds. The number of hydrogen-bond acceptors (Lipinski definition) is 4. The van der Waals surface area contributed by atoms with E-state index in [1.54, 1.807) is 0 Å². The Balaban J connectivity index is 2.38. The Labute approximate surface area is 105 Å². The van der Waals surface area contributed by atoms with Gasteiger partial charge in [-0.25, -0.2) is 0 Å². The van der Waals surface area contributed by atoms with E-state index in [1.165, 1.54) is 0 Å². The van der Waals surface area contributed by atoms with Gasteiger partial charge in [-0.1, -0.05) is 42.1 Å². The van der Waals surface area contributed by atoms with E-state index < -0.39 is 0 Å². The van der Waals surface area contributed by atoms with Crippen LogP contribution in [0, 0.1) is 0 Å². The van der Waals surface area contributed by atoms with Crippen molar-refractivity contribution in [1.82, 2.24) is 0 Å². The second-order valence-electron chi connectivity index (χ2n) is 3.30. The van der Waals surface area contributed by atoms with E-state index in [1.807, 2.05) is 30.3 Å². The molecule has 16 heavy (non-hydrogen) atoms. The molecule has 0 saturated carbocycles. The Morgan fingerprint density at radius 1 is 1.19 bits per heavy atom. The molecule has 2 nitrogen and oxygen atoms in total. The van der Waals surface area contributed by atoms with Gasteiger partial charge >= 0.3 is 0 Å². The van der Waals surface area contributed by atoms with Crippen molar-refractivity contribution in [2.24, 2.45) is 0 Å². The van der Waals surface area contributed by atoms with E-state index >= 15 is 0 Å². The molecule has 4 heteroatoms. The third-order valence-electron chi connectivity index (χ3n) is 1.97. The first-order valence-corrected chi connectivity index (χ1v) is 6.70. The summed E-state index contributed by atoms with van der Waals surface area (Å²) >= 11 is 5.14. The van der Waals surface area contributed by atoms with Crippen LogP contribution in [0.1, 0.15) is 12.0 Å². The van der Waals surface area contributed by atoms with Gasteiger partial charge in [0.2, 0.25) is 5.78 Å². The lowest BCUT2D eigenvalue weighted by molar-refractivity contribution is -0.131. The second-order valence-corrected chi connectivity index (χ2v) is 4.81. The largest absolute Gasteiger partial charge is 0.290 e. The highest BCUT2D eigenvalue weighted by molar-refractivity contribution is 8.15. The minimum absolute atomic E-state index is 0.202. The number of carbonyl (C=O) groups excluding carboxylic acids is 2. The van der Waals surface area contributed by atoms with Crippen molar-refractivity contribution in [2.75, 3.05) is 11.5 Å². The van der Waals surface area contributed by atoms with Crippen LogP contribution in [0.2, 0.25) is 0 Å². The topological polar surface area (TPSA) is 34.1 Å². The molecule has 0 spiro atoms. The Kier molecular flexibility index (Phi) is 6.26. The molecule has 0 saturated heterocycles. The third kappa shape index (κ3) is 4.86. The number of ketones is 1. The van der Waals surface area contributed by atoms with Gasteiger partial charge in [-0.2, -0.15) is 12.6 Å². The van der Waals surface area contributed by atoms with Crippen LogP contribution >= 0.6 is 24.4 Å². The Bertz CT molecular complexity index is 349. The highest BCUT2D eigenvalue weighted by Crippen LogP contribution is 2.09. The van der Waals surface area contributed by atoms with Gasteiger partial charge in [0.15, 0.2) is 0 Å². The number of carbonyl (C=O) groups is 2. The van der Waals surface area contributed by atoms with E-state index in [-0.39, 0.29) is 17.3 Å². The zero-order valence-electron chi connectivity index (χ0n) is 8.89. The maximum absolute atomic E-state index is 11.5. The van der Waals surface area contributed by atoms with Crippen molar-refractivity contribution >= 4 is 35.3 Å². The monoisotopic (exact) mass is 254 g/mol. The maximum Gasteiger partial charge on any atom is 0.255 e. The van der Waals surface area contributed by atoms with Crippen LogP contribution in [0.25, 0.3) is 0 Å². The van der Waals surface area contributed by atoms with Crippen molar-refractivity contribution < 1.29 is 9.59 Å². The van der Waals surface area contributed by atoms with E-state index in [4.69, 9.17) is 0 Å². The summed E-state index contributed by atoms with van der Waals surface area (Å²) < 4.78 is 0. The van der Waals surface area contributed by atoms with Crippen LogP contribution < -0.4 is 0 Å². The van der Waals surface area contributed by atoms with Crippen molar-refractivity contribution in [1.29, 1.82) is 0 Å². The summed E-state index contributed by atoms with van der Waals surface area (Å²) in [7, 11) is 0. The van der Waals surface area contributed by atoms with Crippen LogP contribution in [0.5, 0.6) is 0 Å². The number of rotatable bonds is 6.